The van der Waals surface area contributed by atoms with Crippen LogP contribution in [0.3, 0.4) is 0 Å². The lowest BCUT2D eigenvalue weighted by molar-refractivity contribution is -0.134. The summed E-state index contributed by atoms with van der Waals surface area (Å²) in [7, 11) is 1.30. The standard InChI is InChI=1S/C17H24N2O4/c1-12(20)19(17(2,3)4)10-9-15(21)18-14-8-6-7-13(11-14)16(22)23-5/h6-8,11H,9-10H2,1-5H3,(H,18,21). The number of benzene rings is 1. The monoisotopic (exact) mass is 320 g/mol. The van der Waals surface area contributed by atoms with Crippen molar-refractivity contribution in [2.45, 2.75) is 39.7 Å². The maximum absolute atomic E-state index is 12.1. The zero-order valence-electron chi connectivity index (χ0n) is 14.3. The Morgan fingerprint density at radius 2 is 1.87 bits per heavy atom. The van der Waals surface area contributed by atoms with Gasteiger partial charge in [0.05, 0.1) is 12.7 Å². The second-order valence-electron chi connectivity index (χ2n) is 6.21. The van der Waals surface area contributed by atoms with Gasteiger partial charge in [0.1, 0.15) is 0 Å². The van der Waals surface area contributed by atoms with E-state index < -0.39 is 5.97 Å². The van der Waals surface area contributed by atoms with E-state index in [-0.39, 0.29) is 23.8 Å². The molecule has 0 aliphatic carbocycles. The molecule has 23 heavy (non-hydrogen) atoms. The molecule has 0 heterocycles. The summed E-state index contributed by atoms with van der Waals surface area (Å²) in [6.07, 6.45) is 0.180. The maximum Gasteiger partial charge on any atom is 0.337 e. The average Bonchev–Trinajstić information content (AvgIpc) is 2.45. The number of hydrogen-bond acceptors (Lipinski definition) is 4. The fraction of sp³-hybridized carbons (Fsp3) is 0.471. The molecular formula is C17H24N2O4. The van der Waals surface area contributed by atoms with Gasteiger partial charge in [-0.2, -0.15) is 0 Å². The topological polar surface area (TPSA) is 75.7 Å². The SMILES string of the molecule is COC(=O)c1cccc(NC(=O)CCN(C(C)=O)C(C)(C)C)c1. The predicted octanol–water partition coefficient (Wildman–Crippen LogP) is 2.45. The van der Waals surface area contributed by atoms with Crippen LogP contribution < -0.4 is 5.32 Å². The van der Waals surface area contributed by atoms with Crippen LogP contribution in [0.4, 0.5) is 5.69 Å². The molecule has 0 bridgehead atoms. The molecule has 126 valence electrons. The first-order valence-electron chi connectivity index (χ1n) is 7.41. The third-order valence-corrected chi connectivity index (χ3v) is 3.32. The van der Waals surface area contributed by atoms with E-state index in [2.05, 4.69) is 10.1 Å². The summed E-state index contributed by atoms with van der Waals surface area (Å²) in [6, 6.07) is 6.52. The Morgan fingerprint density at radius 3 is 2.39 bits per heavy atom. The Kier molecular flexibility index (Phi) is 6.30. The summed E-state index contributed by atoms with van der Waals surface area (Å²) in [5.74, 6) is -0.753. The number of methoxy groups -OCH3 is 1. The average molecular weight is 320 g/mol. The van der Waals surface area contributed by atoms with E-state index >= 15 is 0 Å². The largest absolute Gasteiger partial charge is 0.465 e. The zero-order valence-corrected chi connectivity index (χ0v) is 14.3. The van der Waals surface area contributed by atoms with Gasteiger partial charge in [0.15, 0.2) is 0 Å². The van der Waals surface area contributed by atoms with Gasteiger partial charge in [0.2, 0.25) is 11.8 Å². The molecule has 1 aromatic rings. The summed E-state index contributed by atoms with van der Waals surface area (Å²) in [6.45, 7) is 7.59. The lowest BCUT2D eigenvalue weighted by atomic mass is 10.1. The molecule has 2 amide bonds. The second-order valence-corrected chi connectivity index (χ2v) is 6.21. The first-order valence-corrected chi connectivity index (χ1v) is 7.41. The minimum Gasteiger partial charge on any atom is -0.465 e. The molecule has 0 aliphatic heterocycles. The van der Waals surface area contributed by atoms with E-state index in [0.717, 1.165) is 0 Å². The van der Waals surface area contributed by atoms with Crippen LogP contribution in [0, 0.1) is 0 Å². The molecule has 0 fully saturated rings. The first-order chi connectivity index (χ1) is 10.6. The molecule has 0 aromatic heterocycles. The van der Waals surface area contributed by atoms with Crippen LogP contribution in [-0.4, -0.2) is 41.9 Å². The molecule has 0 atom stereocenters. The molecule has 0 aliphatic rings. The van der Waals surface area contributed by atoms with Gasteiger partial charge in [-0.3, -0.25) is 9.59 Å². The van der Waals surface area contributed by atoms with Crippen molar-refractivity contribution in [1.29, 1.82) is 0 Å². The van der Waals surface area contributed by atoms with Crippen molar-refractivity contribution in [2.24, 2.45) is 0 Å². The summed E-state index contributed by atoms with van der Waals surface area (Å²) in [4.78, 5) is 36.8. The molecule has 6 heteroatoms. The number of amides is 2. The number of nitrogens with zero attached hydrogens (tertiary/aromatic N) is 1. The maximum atomic E-state index is 12.1. The van der Waals surface area contributed by atoms with E-state index in [0.29, 0.717) is 17.8 Å². The van der Waals surface area contributed by atoms with Crippen molar-refractivity contribution < 1.29 is 19.1 Å². The number of hydrogen-bond donors (Lipinski definition) is 1. The van der Waals surface area contributed by atoms with Crippen molar-refractivity contribution in [3.8, 4) is 0 Å². The number of carbonyl (C=O) groups is 3. The van der Waals surface area contributed by atoms with Gasteiger partial charge < -0.3 is 15.0 Å². The van der Waals surface area contributed by atoms with Gasteiger partial charge in [-0.15, -0.1) is 0 Å². The summed E-state index contributed by atoms with van der Waals surface area (Å²) >= 11 is 0. The highest BCUT2D eigenvalue weighted by atomic mass is 16.5. The third kappa shape index (κ3) is 5.73. The van der Waals surface area contributed by atoms with Crippen LogP contribution in [0.5, 0.6) is 0 Å². The van der Waals surface area contributed by atoms with E-state index in [9.17, 15) is 14.4 Å². The second kappa shape index (κ2) is 7.76. The number of esters is 1. The number of nitrogens with one attached hydrogen (secondary N) is 1. The molecule has 0 saturated carbocycles. The van der Waals surface area contributed by atoms with Crippen molar-refractivity contribution in [3.05, 3.63) is 29.8 Å². The molecule has 1 N–H and O–H groups in total. The minimum atomic E-state index is -0.461. The number of carbonyl (C=O) groups excluding carboxylic acids is 3. The van der Waals surface area contributed by atoms with Gasteiger partial charge in [0.25, 0.3) is 0 Å². The summed E-state index contributed by atoms with van der Waals surface area (Å²) in [5, 5.41) is 2.72. The molecular weight excluding hydrogens is 296 g/mol. The number of rotatable bonds is 5. The lowest BCUT2D eigenvalue weighted by Crippen LogP contribution is -2.45. The Hall–Kier alpha value is -2.37. The van der Waals surface area contributed by atoms with Crippen LogP contribution in [0.15, 0.2) is 24.3 Å². The van der Waals surface area contributed by atoms with Crippen molar-refractivity contribution in [3.63, 3.8) is 0 Å². The first kappa shape index (κ1) is 18.7. The van der Waals surface area contributed by atoms with Gasteiger partial charge in [-0.25, -0.2) is 4.79 Å². The molecule has 1 rings (SSSR count). The van der Waals surface area contributed by atoms with Crippen molar-refractivity contribution >= 4 is 23.5 Å². The number of ether oxygens (including phenoxy) is 1. The minimum absolute atomic E-state index is 0.0713. The van der Waals surface area contributed by atoms with Crippen LogP contribution in [-0.2, 0) is 14.3 Å². The molecule has 0 radical (unpaired) electrons. The highest BCUT2D eigenvalue weighted by Gasteiger charge is 2.24. The summed E-state index contributed by atoms with van der Waals surface area (Å²) in [5.41, 5.74) is 0.546. The van der Waals surface area contributed by atoms with Crippen molar-refractivity contribution in [2.75, 3.05) is 19.0 Å². The van der Waals surface area contributed by atoms with E-state index in [1.54, 1.807) is 29.2 Å². The Morgan fingerprint density at radius 1 is 1.22 bits per heavy atom. The predicted molar refractivity (Wildman–Crippen MR) is 88.2 cm³/mol. The van der Waals surface area contributed by atoms with Crippen LogP contribution in [0.25, 0.3) is 0 Å². The van der Waals surface area contributed by atoms with E-state index in [1.165, 1.54) is 14.0 Å². The zero-order chi connectivity index (χ0) is 17.6. The lowest BCUT2D eigenvalue weighted by Gasteiger charge is -2.34. The quantitative estimate of drug-likeness (QED) is 0.846. The Bertz CT molecular complexity index is 591. The van der Waals surface area contributed by atoms with E-state index in [1.807, 2.05) is 20.8 Å². The fourth-order valence-corrected chi connectivity index (χ4v) is 2.24. The smallest absolute Gasteiger partial charge is 0.337 e. The highest BCUT2D eigenvalue weighted by Crippen LogP contribution is 2.15. The normalized spacial score (nSPS) is 10.8. The van der Waals surface area contributed by atoms with Gasteiger partial charge in [-0.05, 0) is 39.0 Å². The Labute approximate surface area is 136 Å². The van der Waals surface area contributed by atoms with Crippen LogP contribution >= 0.6 is 0 Å². The van der Waals surface area contributed by atoms with Gasteiger partial charge in [-0.1, -0.05) is 6.07 Å². The molecule has 1 aromatic carbocycles. The molecule has 0 saturated heterocycles. The van der Waals surface area contributed by atoms with Crippen LogP contribution in [0.2, 0.25) is 0 Å². The molecule has 0 spiro atoms. The fourth-order valence-electron chi connectivity index (χ4n) is 2.24. The third-order valence-electron chi connectivity index (χ3n) is 3.32. The van der Waals surface area contributed by atoms with Crippen LogP contribution in [0.1, 0.15) is 44.5 Å². The molecule has 6 nitrogen and oxygen atoms in total. The summed E-state index contributed by atoms with van der Waals surface area (Å²) < 4.78 is 4.64. The molecule has 0 unspecified atom stereocenters. The Balaban J connectivity index is 2.67. The van der Waals surface area contributed by atoms with E-state index in [4.69, 9.17) is 0 Å². The van der Waals surface area contributed by atoms with Crippen molar-refractivity contribution in [1.82, 2.24) is 4.90 Å². The number of anilines is 1. The van der Waals surface area contributed by atoms with Gasteiger partial charge >= 0.3 is 5.97 Å². The van der Waals surface area contributed by atoms with Gasteiger partial charge in [0, 0.05) is 31.1 Å². The highest BCUT2D eigenvalue weighted by molar-refractivity contribution is 5.94.